The minimum absolute atomic E-state index is 0.209. The third-order valence-electron chi connectivity index (χ3n) is 2.57. The van der Waals surface area contributed by atoms with E-state index in [1.807, 2.05) is 0 Å². The van der Waals surface area contributed by atoms with E-state index in [-0.39, 0.29) is 12.0 Å². The molecule has 0 amide bonds. The van der Waals surface area contributed by atoms with Crippen LogP contribution < -0.4 is 11.1 Å². The van der Waals surface area contributed by atoms with Gasteiger partial charge in [0.25, 0.3) is 0 Å². The Morgan fingerprint density at radius 3 is 2.11 bits per heavy atom. The van der Waals surface area contributed by atoms with Crippen LogP contribution in [0, 0.1) is 11.8 Å². The molecule has 0 aromatic heterocycles. The van der Waals surface area contributed by atoms with Crippen LogP contribution in [0.2, 0.25) is 0 Å². The number of hydrogen-bond donors (Lipinski definition) is 2. The molecule has 0 saturated heterocycles. The first-order valence-corrected chi connectivity index (χ1v) is 6.82. The Balaban J connectivity index is 4.47. The lowest BCUT2D eigenvalue weighted by molar-refractivity contribution is -0.143. The smallest absolute Gasteiger partial charge is 0.328 e. The van der Waals surface area contributed by atoms with Gasteiger partial charge in [-0.2, -0.15) is 0 Å². The van der Waals surface area contributed by atoms with Crippen molar-refractivity contribution in [2.24, 2.45) is 17.6 Å². The second-order valence-electron chi connectivity index (χ2n) is 5.45. The molecule has 4 nitrogen and oxygen atoms in total. The van der Waals surface area contributed by atoms with Crippen molar-refractivity contribution < 1.29 is 9.53 Å². The van der Waals surface area contributed by atoms with Crippen LogP contribution in [-0.4, -0.2) is 30.2 Å². The summed E-state index contributed by atoms with van der Waals surface area (Å²) in [7, 11) is 1.38. The first-order valence-electron chi connectivity index (χ1n) is 6.41. The van der Waals surface area contributed by atoms with Gasteiger partial charge in [-0.05, 0) is 24.7 Å². The molecule has 0 aliphatic heterocycles. The highest BCUT2D eigenvalue weighted by Gasteiger charge is 2.23. The summed E-state index contributed by atoms with van der Waals surface area (Å²) in [5.41, 5.74) is 5.98. The predicted molar refractivity (Wildman–Crippen MR) is 78.4 cm³/mol. The fraction of sp³-hybridized carbons (Fsp3) is 0.846. The molecule has 0 aromatic rings. The molecule has 0 rings (SSSR count). The summed E-state index contributed by atoms with van der Waals surface area (Å²) in [4.78, 5) is 12.2. The van der Waals surface area contributed by atoms with E-state index in [1.54, 1.807) is 0 Å². The van der Waals surface area contributed by atoms with Crippen LogP contribution in [0.15, 0.2) is 0 Å². The zero-order chi connectivity index (χ0) is 14.3. The van der Waals surface area contributed by atoms with Crippen molar-refractivity contribution in [1.29, 1.82) is 0 Å². The summed E-state index contributed by atoms with van der Waals surface area (Å²) in [5.74, 6) is 0.565. The normalized spacial score (nSPS) is 14.4. The molecule has 0 aromatic carbocycles. The van der Waals surface area contributed by atoms with E-state index in [0.717, 1.165) is 6.42 Å². The molecule has 0 saturated carbocycles. The van der Waals surface area contributed by atoms with E-state index in [2.05, 4.69) is 33.0 Å². The number of thiocarbonyl (C=S) groups is 1. The Hall–Kier alpha value is -0.680. The van der Waals surface area contributed by atoms with E-state index >= 15 is 0 Å². The first-order chi connectivity index (χ1) is 8.27. The molecule has 0 unspecified atom stereocenters. The van der Waals surface area contributed by atoms with Crippen molar-refractivity contribution in [3.8, 4) is 0 Å². The summed E-state index contributed by atoms with van der Waals surface area (Å²) in [6.07, 6.45) is 1.49. The average molecular weight is 274 g/mol. The molecule has 0 radical (unpaired) electrons. The molecule has 2 atom stereocenters. The number of esters is 1. The van der Waals surface area contributed by atoms with Gasteiger partial charge in [-0.1, -0.05) is 39.9 Å². The Kier molecular flexibility index (Phi) is 8.11. The quantitative estimate of drug-likeness (QED) is 0.548. The number of carbonyl (C=O) groups excluding carboxylic acids is 1. The number of rotatable bonds is 7. The predicted octanol–water partition coefficient (Wildman–Crippen LogP) is 1.86. The average Bonchev–Trinajstić information content (AvgIpc) is 2.25. The molecular weight excluding hydrogens is 248 g/mol. The summed E-state index contributed by atoms with van der Waals surface area (Å²) in [5, 5.41) is 3.04. The number of hydrogen-bond acceptors (Lipinski definition) is 4. The molecular formula is C13H26N2O2S. The van der Waals surface area contributed by atoms with Gasteiger partial charge in [-0.25, -0.2) is 4.79 Å². The van der Waals surface area contributed by atoms with Crippen LogP contribution in [0.25, 0.3) is 0 Å². The Morgan fingerprint density at radius 2 is 1.72 bits per heavy atom. The lowest BCUT2D eigenvalue weighted by Gasteiger charge is -2.23. The highest BCUT2D eigenvalue weighted by atomic mass is 32.1. The molecule has 0 fully saturated rings. The number of carbonyl (C=O) groups is 1. The van der Waals surface area contributed by atoms with Gasteiger partial charge in [0, 0.05) is 0 Å². The van der Waals surface area contributed by atoms with Gasteiger partial charge in [0.15, 0.2) is 0 Å². The van der Waals surface area contributed by atoms with Crippen molar-refractivity contribution in [1.82, 2.24) is 5.32 Å². The molecule has 5 heteroatoms. The monoisotopic (exact) mass is 274 g/mol. The minimum Gasteiger partial charge on any atom is -0.467 e. The number of ether oxygens (including phenoxy) is 1. The second kappa shape index (κ2) is 8.43. The highest BCUT2D eigenvalue weighted by Crippen LogP contribution is 2.09. The molecule has 0 heterocycles. The van der Waals surface area contributed by atoms with Crippen molar-refractivity contribution >= 4 is 23.2 Å². The lowest BCUT2D eigenvalue weighted by Crippen LogP contribution is -2.48. The van der Waals surface area contributed by atoms with Crippen LogP contribution in [0.5, 0.6) is 0 Å². The maximum Gasteiger partial charge on any atom is 0.328 e. The van der Waals surface area contributed by atoms with E-state index in [4.69, 9.17) is 22.7 Å². The van der Waals surface area contributed by atoms with Crippen molar-refractivity contribution in [3.63, 3.8) is 0 Å². The van der Waals surface area contributed by atoms with Crippen molar-refractivity contribution in [3.05, 3.63) is 0 Å². The Morgan fingerprint density at radius 1 is 1.22 bits per heavy atom. The summed E-state index contributed by atoms with van der Waals surface area (Å²) in [6.45, 7) is 8.28. The third kappa shape index (κ3) is 6.91. The maximum atomic E-state index is 11.6. The molecule has 0 aliphatic carbocycles. The van der Waals surface area contributed by atoms with Crippen LogP contribution >= 0.6 is 12.2 Å². The lowest BCUT2D eigenvalue weighted by atomic mass is 10.0. The van der Waals surface area contributed by atoms with E-state index < -0.39 is 6.04 Å². The molecule has 0 aliphatic rings. The summed E-state index contributed by atoms with van der Waals surface area (Å²) >= 11 is 5.25. The summed E-state index contributed by atoms with van der Waals surface area (Å²) in [6, 6.07) is -0.611. The van der Waals surface area contributed by atoms with Crippen molar-refractivity contribution in [2.45, 2.75) is 52.6 Å². The Labute approximate surface area is 116 Å². The van der Waals surface area contributed by atoms with Crippen LogP contribution in [-0.2, 0) is 9.53 Å². The third-order valence-corrected chi connectivity index (χ3v) is 2.99. The van der Waals surface area contributed by atoms with Gasteiger partial charge in [0.1, 0.15) is 6.04 Å². The second-order valence-corrected chi connectivity index (χ2v) is 5.89. The van der Waals surface area contributed by atoms with Gasteiger partial charge in [-0.3, -0.25) is 0 Å². The maximum absolute atomic E-state index is 11.6. The van der Waals surface area contributed by atoms with Crippen molar-refractivity contribution in [2.75, 3.05) is 7.11 Å². The molecule has 3 N–H and O–H groups in total. The van der Waals surface area contributed by atoms with Gasteiger partial charge in [0.2, 0.25) is 0 Å². The van der Waals surface area contributed by atoms with Gasteiger partial charge < -0.3 is 15.8 Å². The van der Waals surface area contributed by atoms with Gasteiger partial charge in [0.05, 0.1) is 18.1 Å². The standard InChI is InChI=1S/C13H26N2O2S/c1-8(2)6-10(14)12(18)15-11(7-9(3)4)13(16)17-5/h8-11H,6-7,14H2,1-5H3,(H,15,18)/t10-,11-/m0/s1. The highest BCUT2D eigenvalue weighted by molar-refractivity contribution is 7.80. The fourth-order valence-electron chi connectivity index (χ4n) is 1.72. The van der Waals surface area contributed by atoms with Crippen LogP contribution in [0.1, 0.15) is 40.5 Å². The van der Waals surface area contributed by atoms with Gasteiger partial charge in [-0.15, -0.1) is 0 Å². The number of nitrogens with two attached hydrogens (primary N) is 1. The van der Waals surface area contributed by atoms with Gasteiger partial charge >= 0.3 is 5.97 Å². The van der Waals surface area contributed by atoms with E-state index in [0.29, 0.717) is 23.2 Å². The first kappa shape index (κ1) is 17.3. The molecule has 0 bridgehead atoms. The largest absolute Gasteiger partial charge is 0.467 e. The van der Waals surface area contributed by atoms with E-state index in [1.165, 1.54) is 7.11 Å². The number of methoxy groups -OCH3 is 1. The topological polar surface area (TPSA) is 64.3 Å². The zero-order valence-electron chi connectivity index (χ0n) is 12.0. The minimum atomic E-state index is -0.402. The SMILES string of the molecule is COC(=O)[C@H](CC(C)C)NC(=S)[C@@H](N)CC(C)C. The van der Waals surface area contributed by atoms with Crippen LogP contribution in [0.4, 0.5) is 0 Å². The number of nitrogens with one attached hydrogen (secondary N) is 1. The van der Waals surface area contributed by atoms with E-state index in [9.17, 15) is 4.79 Å². The van der Waals surface area contributed by atoms with Crippen LogP contribution in [0.3, 0.4) is 0 Å². The molecule has 106 valence electrons. The Bertz CT molecular complexity index is 280. The molecule has 18 heavy (non-hydrogen) atoms. The molecule has 0 spiro atoms. The summed E-state index contributed by atoms with van der Waals surface area (Å²) < 4.78 is 4.77. The zero-order valence-corrected chi connectivity index (χ0v) is 12.8. The fourth-order valence-corrected chi connectivity index (χ4v) is 1.96.